The van der Waals surface area contributed by atoms with Crippen molar-refractivity contribution in [2.75, 3.05) is 0 Å². The number of rotatable bonds is 1. The maximum absolute atomic E-state index is 12.6. The Kier molecular flexibility index (Phi) is 2.48. The highest BCUT2D eigenvalue weighted by Gasteiger charge is 2.11. The fourth-order valence-electron chi connectivity index (χ4n) is 2.18. The largest absolute Gasteiger partial charge is 0.285 e. The van der Waals surface area contributed by atoms with Gasteiger partial charge in [-0.25, -0.2) is 0 Å². The number of nitrogens with zero attached hydrogens (tertiary/aromatic N) is 6. The molecule has 0 fully saturated rings. The van der Waals surface area contributed by atoms with Crippen molar-refractivity contribution in [3.63, 3.8) is 0 Å². The molecule has 0 N–H and O–H groups in total. The minimum Gasteiger partial charge on any atom is -0.282 e. The lowest BCUT2D eigenvalue weighted by atomic mass is 10.3. The second-order valence-electron chi connectivity index (χ2n) is 4.38. The highest BCUT2D eigenvalue weighted by atomic mass is 35.5. The molecule has 102 valence electrons. The Balaban J connectivity index is 2.07. The van der Waals surface area contributed by atoms with Crippen LogP contribution in [0.2, 0.25) is 5.02 Å². The van der Waals surface area contributed by atoms with Crippen LogP contribution in [0.4, 0.5) is 0 Å². The number of halogens is 1. The van der Waals surface area contributed by atoms with Crippen LogP contribution in [0.25, 0.3) is 22.5 Å². The molecule has 0 amide bonds. The van der Waals surface area contributed by atoms with Crippen LogP contribution in [0, 0.1) is 0 Å². The van der Waals surface area contributed by atoms with E-state index in [1.165, 1.54) is 15.4 Å². The maximum atomic E-state index is 12.6. The average molecular weight is 299 g/mol. The standard InChI is InChI=1S/C13H7ClN6O/c14-8-2-1-3-9(6-8)19-5-4-10-11(12(19)21)17-18-13-15-7-16-20(10)13/h1-7H. The molecule has 3 aromatic heterocycles. The first kappa shape index (κ1) is 12.0. The SMILES string of the molecule is O=c1c2nnc3ncnn3c2ccn1-c1cccc(Cl)c1. The van der Waals surface area contributed by atoms with Crippen molar-refractivity contribution in [2.24, 2.45) is 0 Å². The van der Waals surface area contributed by atoms with Crippen LogP contribution in [-0.4, -0.2) is 29.4 Å². The van der Waals surface area contributed by atoms with Crippen LogP contribution in [0.1, 0.15) is 0 Å². The second kappa shape index (κ2) is 4.35. The smallest absolute Gasteiger partial charge is 0.282 e. The van der Waals surface area contributed by atoms with Gasteiger partial charge in [0.2, 0.25) is 0 Å². The Morgan fingerprint density at radius 3 is 2.90 bits per heavy atom. The van der Waals surface area contributed by atoms with E-state index < -0.39 is 0 Å². The molecule has 8 heteroatoms. The molecular formula is C13H7ClN6O. The monoisotopic (exact) mass is 298 g/mol. The number of hydrogen-bond donors (Lipinski definition) is 0. The highest BCUT2D eigenvalue weighted by molar-refractivity contribution is 6.30. The van der Waals surface area contributed by atoms with E-state index >= 15 is 0 Å². The number of aromatic nitrogens is 6. The Bertz CT molecular complexity index is 1040. The number of fused-ring (bicyclic) bond motifs is 3. The van der Waals surface area contributed by atoms with Crippen molar-refractivity contribution in [1.29, 1.82) is 0 Å². The third-order valence-corrected chi connectivity index (χ3v) is 3.36. The van der Waals surface area contributed by atoms with Crippen LogP contribution < -0.4 is 5.56 Å². The van der Waals surface area contributed by atoms with Gasteiger partial charge in [-0.15, -0.1) is 10.2 Å². The van der Waals surface area contributed by atoms with E-state index in [-0.39, 0.29) is 11.1 Å². The molecule has 7 nitrogen and oxygen atoms in total. The van der Waals surface area contributed by atoms with Gasteiger partial charge in [-0.1, -0.05) is 17.7 Å². The molecule has 1 aromatic carbocycles. The van der Waals surface area contributed by atoms with Crippen LogP contribution in [0.5, 0.6) is 0 Å². The summed E-state index contributed by atoms with van der Waals surface area (Å²) in [5.74, 6) is 0.349. The Morgan fingerprint density at radius 1 is 1.14 bits per heavy atom. The van der Waals surface area contributed by atoms with Crippen LogP contribution in [-0.2, 0) is 0 Å². The van der Waals surface area contributed by atoms with Gasteiger partial charge in [0.15, 0.2) is 5.52 Å². The zero-order chi connectivity index (χ0) is 14.4. The first-order valence-corrected chi connectivity index (χ1v) is 6.45. The van der Waals surface area contributed by atoms with Crippen molar-refractivity contribution in [3.8, 4) is 5.69 Å². The zero-order valence-corrected chi connectivity index (χ0v) is 11.3. The molecule has 4 rings (SSSR count). The topological polar surface area (TPSA) is 78.0 Å². The van der Waals surface area contributed by atoms with Crippen molar-refractivity contribution in [1.82, 2.24) is 29.4 Å². The number of benzene rings is 1. The Labute approximate surface area is 122 Å². The van der Waals surface area contributed by atoms with Gasteiger partial charge in [0.05, 0.1) is 5.69 Å². The lowest BCUT2D eigenvalue weighted by Gasteiger charge is -2.07. The summed E-state index contributed by atoms with van der Waals surface area (Å²) in [6, 6.07) is 8.77. The summed E-state index contributed by atoms with van der Waals surface area (Å²) in [5.41, 5.74) is 1.14. The molecule has 21 heavy (non-hydrogen) atoms. The summed E-state index contributed by atoms with van der Waals surface area (Å²) < 4.78 is 2.94. The second-order valence-corrected chi connectivity index (χ2v) is 4.81. The van der Waals surface area contributed by atoms with Crippen LogP contribution in [0.15, 0.2) is 47.7 Å². The van der Waals surface area contributed by atoms with Crippen molar-refractivity contribution in [2.45, 2.75) is 0 Å². The van der Waals surface area contributed by atoms with Gasteiger partial charge in [-0.2, -0.15) is 14.6 Å². The lowest BCUT2D eigenvalue weighted by Crippen LogP contribution is -2.20. The first-order valence-electron chi connectivity index (χ1n) is 6.08. The van der Waals surface area contributed by atoms with Crippen molar-refractivity contribution >= 4 is 28.4 Å². The normalized spacial score (nSPS) is 11.3. The predicted octanol–water partition coefficient (Wildman–Crippen LogP) is 1.48. The molecule has 0 spiro atoms. The molecule has 0 aliphatic heterocycles. The molecule has 0 bridgehead atoms. The van der Waals surface area contributed by atoms with E-state index in [0.717, 1.165) is 0 Å². The zero-order valence-electron chi connectivity index (χ0n) is 10.5. The minimum absolute atomic E-state index is 0.218. The van der Waals surface area contributed by atoms with E-state index in [9.17, 15) is 4.79 Å². The fraction of sp³-hybridized carbons (Fsp3) is 0. The third kappa shape index (κ3) is 1.78. The molecule has 0 saturated carbocycles. The van der Waals surface area contributed by atoms with Gasteiger partial charge in [0, 0.05) is 11.2 Å². The fourth-order valence-corrected chi connectivity index (χ4v) is 2.36. The molecule has 3 heterocycles. The predicted molar refractivity (Wildman–Crippen MR) is 76.7 cm³/mol. The summed E-state index contributed by atoms with van der Waals surface area (Å²) >= 11 is 5.96. The molecule has 4 aromatic rings. The van der Waals surface area contributed by atoms with Gasteiger partial charge < -0.3 is 0 Å². The van der Waals surface area contributed by atoms with E-state index in [4.69, 9.17) is 11.6 Å². The van der Waals surface area contributed by atoms with E-state index in [1.807, 2.05) is 0 Å². The highest BCUT2D eigenvalue weighted by Crippen LogP contribution is 2.14. The summed E-state index contributed by atoms with van der Waals surface area (Å²) in [4.78, 5) is 16.5. The van der Waals surface area contributed by atoms with Gasteiger partial charge in [0.1, 0.15) is 11.8 Å². The lowest BCUT2D eigenvalue weighted by molar-refractivity contribution is 0.914. The molecule has 0 unspecified atom stereocenters. The molecular weight excluding hydrogens is 292 g/mol. The first-order chi connectivity index (χ1) is 10.2. The summed E-state index contributed by atoms with van der Waals surface area (Å²) in [7, 11) is 0. The van der Waals surface area contributed by atoms with Gasteiger partial charge in [0.25, 0.3) is 11.3 Å². The number of pyridine rings is 1. The Morgan fingerprint density at radius 2 is 2.05 bits per heavy atom. The van der Waals surface area contributed by atoms with Gasteiger partial charge >= 0.3 is 0 Å². The molecule has 0 aliphatic rings. The van der Waals surface area contributed by atoms with Gasteiger partial charge in [-0.3, -0.25) is 9.36 Å². The summed E-state index contributed by atoms with van der Waals surface area (Å²) in [6.07, 6.45) is 3.02. The van der Waals surface area contributed by atoms with E-state index in [2.05, 4.69) is 20.3 Å². The van der Waals surface area contributed by atoms with Crippen LogP contribution in [0.3, 0.4) is 0 Å². The van der Waals surface area contributed by atoms with E-state index in [1.54, 1.807) is 36.5 Å². The summed E-state index contributed by atoms with van der Waals surface area (Å²) in [6.45, 7) is 0. The number of hydrogen-bond acceptors (Lipinski definition) is 5. The molecule has 0 atom stereocenters. The summed E-state index contributed by atoms with van der Waals surface area (Å²) in [5, 5.41) is 12.4. The quantitative estimate of drug-likeness (QED) is 0.532. The molecule has 0 radical (unpaired) electrons. The van der Waals surface area contributed by atoms with Crippen LogP contribution >= 0.6 is 11.6 Å². The maximum Gasteiger partial charge on any atom is 0.285 e. The third-order valence-electron chi connectivity index (χ3n) is 3.13. The van der Waals surface area contributed by atoms with E-state index in [0.29, 0.717) is 22.0 Å². The minimum atomic E-state index is -0.292. The van der Waals surface area contributed by atoms with Crippen molar-refractivity contribution in [3.05, 3.63) is 58.2 Å². The molecule has 0 saturated heterocycles. The molecule has 0 aliphatic carbocycles. The average Bonchev–Trinajstić information content (AvgIpc) is 2.96. The van der Waals surface area contributed by atoms with Gasteiger partial charge in [-0.05, 0) is 24.3 Å². The van der Waals surface area contributed by atoms with Crippen molar-refractivity contribution < 1.29 is 0 Å². The Hall–Kier alpha value is -2.80.